The lowest BCUT2D eigenvalue weighted by Gasteiger charge is -2.48. The topological polar surface area (TPSA) is 52.7 Å². The highest BCUT2D eigenvalue weighted by atomic mass is 16.2. The lowest BCUT2D eigenvalue weighted by Crippen LogP contribution is -2.65. The van der Waals surface area contributed by atoms with Gasteiger partial charge in [-0.2, -0.15) is 0 Å². The fraction of sp³-hybridized carbons (Fsp3) is 0.833. The Labute approximate surface area is 103 Å². The molecule has 0 bridgehead atoms. The molecule has 0 radical (unpaired) electrons. The smallest absolute Gasteiger partial charge is 0.223 e. The van der Waals surface area contributed by atoms with Crippen molar-refractivity contribution in [1.29, 1.82) is 0 Å². The number of carbonyl (C=O) groups is 2. The molecule has 1 fully saturated rings. The van der Waals surface area contributed by atoms with Gasteiger partial charge in [-0.3, -0.25) is 9.59 Å². The van der Waals surface area contributed by atoms with E-state index in [-0.39, 0.29) is 11.4 Å². The van der Waals surface area contributed by atoms with E-state index in [1.54, 1.807) is 0 Å². The molecule has 17 heavy (non-hydrogen) atoms. The average molecular weight is 241 g/mol. The molecule has 0 aromatic carbocycles. The Hall–Kier alpha value is -1.10. The zero-order valence-corrected chi connectivity index (χ0v) is 11.0. The maximum Gasteiger partial charge on any atom is 0.223 e. The molecule has 0 aromatic rings. The second-order valence-electron chi connectivity index (χ2n) is 5.03. The van der Waals surface area contributed by atoms with Crippen LogP contribution in [0.25, 0.3) is 0 Å². The molecule has 0 aliphatic carbocycles. The predicted molar refractivity (Wildman–Crippen MR) is 66.6 cm³/mol. The first-order valence-electron chi connectivity index (χ1n) is 6.19. The maximum absolute atomic E-state index is 12.1. The van der Waals surface area contributed by atoms with Crippen LogP contribution in [0.3, 0.4) is 0 Å². The summed E-state index contributed by atoms with van der Waals surface area (Å²) in [7, 11) is 2.04. The van der Waals surface area contributed by atoms with Crippen LogP contribution in [0.5, 0.6) is 0 Å². The molecule has 5 nitrogen and oxygen atoms in total. The lowest BCUT2D eigenvalue weighted by molar-refractivity contribution is -0.141. The fourth-order valence-electron chi connectivity index (χ4n) is 2.47. The SMILES string of the molecule is CCCC(=O)N1CCN(C)CC1(C)CNC=O. The Morgan fingerprint density at radius 3 is 2.76 bits per heavy atom. The van der Waals surface area contributed by atoms with Gasteiger partial charge in [-0.05, 0) is 20.4 Å². The minimum Gasteiger partial charge on any atom is -0.356 e. The van der Waals surface area contributed by atoms with E-state index in [1.807, 2.05) is 25.8 Å². The van der Waals surface area contributed by atoms with Crippen molar-refractivity contribution in [3.63, 3.8) is 0 Å². The summed E-state index contributed by atoms with van der Waals surface area (Å²) in [6, 6.07) is 0. The molecule has 1 rings (SSSR count). The van der Waals surface area contributed by atoms with Crippen LogP contribution in [-0.2, 0) is 9.59 Å². The van der Waals surface area contributed by atoms with Crippen LogP contribution in [0.15, 0.2) is 0 Å². The normalized spacial score (nSPS) is 25.7. The van der Waals surface area contributed by atoms with Gasteiger partial charge in [0.25, 0.3) is 0 Å². The number of hydrogen-bond acceptors (Lipinski definition) is 3. The van der Waals surface area contributed by atoms with Crippen LogP contribution in [0.2, 0.25) is 0 Å². The standard InChI is InChI=1S/C12H23N3O2/c1-4-5-11(17)15-7-6-14(3)9-12(15,2)8-13-10-16/h10H,4-9H2,1-3H3,(H,13,16). The number of hydrogen-bond donors (Lipinski definition) is 1. The van der Waals surface area contributed by atoms with E-state index in [4.69, 9.17) is 0 Å². The third-order valence-electron chi connectivity index (χ3n) is 3.30. The second-order valence-corrected chi connectivity index (χ2v) is 5.03. The molecular formula is C12H23N3O2. The number of amides is 2. The van der Waals surface area contributed by atoms with Gasteiger partial charge in [-0.25, -0.2) is 0 Å². The largest absolute Gasteiger partial charge is 0.356 e. The van der Waals surface area contributed by atoms with Gasteiger partial charge < -0.3 is 15.1 Å². The molecule has 1 N–H and O–H groups in total. The van der Waals surface area contributed by atoms with E-state index < -0.39 is 0 Å². The minimum atomic E-state index is -0.292. The molecule has 1 unspecified atom stereocenters. The molecule has 1 saturated heterocycles. The van der Waals surface area contributed by atoms with Crippen LogP contribution < -0.4 is 5.32 Å². The van der Waals surface area contributed by atoms with E-state index in [1.165, 1.54) is 0 Å². The molecule has 5 heteroatoms. The van der Waals surface area contributed by atoms with Crippen molar-refractivity contribution in [2.45, 2.75) is 32.2 Å². The highest BCUT2D eigenvalue weighted by Crippen LogP contribution is 2.21. The summed E-state index contributed by atoms with van der Waals surface area (Å²) in [5, 5.41) is 2.70. The molecule has 0 spiro atoms. The van der Waals surface area contributed by atoms with Crippen molar-refractivity contribution >= 4 is 12.3 Å². The van der Waals surface area contributed by atoms with Crippen LogP contribution in [0.4, 0.5) is 0 Å². The number of piperazine rings is 1. The lowest BCUT2D eigenvalue weighted by atomic mass is 9.95. The van der Waals surface area contributed by atoms with Crippen molar-refractivity contribution in [1.82, 2.24) is 15.1 Å². The Bertz CT molecular complexity index is 283. The fourth-order valence-corrected chi connectivity index (χ4v) is 2.47. The first kappa shape index (κ1) is 14.0. The maximum atomic E-state index is 12.1. The molecule has 0 saturated carbocycles. The zero-order valence-electron chi connectivity index (χ0n) is 11.0. The molecule has 1 aliphatic rings. The molecular weight excluding hydrogens is 218 g/mol. The van der Waals surface area contributed by atoms with Crippen LogP contribution >= 0.6 is 0 Å². The molecule has 1 atom stereocenters. The molecule has 1 heterocycles. The van der Waals surface area contributed by atoms with Gasteiger partial charge in [0.05, 0.1) is 5.54 Å². The predicted octanol–water partition coefficient (Wildman–Crippen LogP) is 0.0652. The van der Waals surface area contributed by atoms with Crippen LogP contribution in [0.1, 0.15) is 26.7 Å². The van der Waals surface area contributed by atoms with Gasteiger partial charge in [0.15, 0.2) is 0 Å². The highest BCUT2D eigenvalue weighted by molar-refractivity contribution is 5.77. The number of rotatable bonds is 5. The second kappa shape index (κ2) is 6.00. The van der Waals surface area contributed by atoms with Gasteiger partial charge in [0.1, 0.15) is 0 Å². The van der Waals surface area contributed by atoms with Gasteiger partial charge in [-0.1, -0.05) is 6.92 Å². The summed E-state index contributed by atoms with van der Waals surface area (Å²) in [6.45, 7) is 6.99. The van der Waals surface area contributed by atoms with Crippen molar-refractivity contribution in [2.75, 3.05) is 33.2 Å². The Morgan fingerprint density at radius 2 is 2.18 bits per heavy atom. The van der Waals surface area contributed by atoms with E-state index in [9.17, 15) is 9.59 Å². The van der Waals surface area contributed by atoms with Crippen LogP contribution in [-0.4, -0.2) is 60.9 Å². The van der Waals surface area contributed by atoms with E-state index in [0.717, 1.165) is 26.1 Å². The first-order valence-corrected chi connectivity index (χ1v) is 6.19. The average Bonchev–Trinajstić information content (AvgIpc) is 2.26. The molecule has 98 valence electrons. The van der Waals surface area contributed by atoms with E-state index >= 15 is 0 Å². The summed E-state index contributed by atoms with van der Waals surface area (Å²) in [5.41, 5.74) is -0.292. The monoisotopic (exact) mass is 241 g/mol. The van der Waals surface area contributed by atoms with Crippen molar-refractivity contribution in [2.24, 2.45) is 0 Å². The van der Waals surface area contributed by atoms with Crippen molar-refractivity contribution in [3.8, 4) is 0 Å². The first-order chi connectivity index (χ1) is 8.03. The number of likely N-dealkylation sites (N-methyl/N-ethyl adjacent to an activating group) is 1. The van der Waals surface area contributed by atoms with Gasteiger partial charge in [-0.15, -0.1) is 0 Å². The van der Waals surface area contributed by atoms with Crippen LogP contribution in [0, 0.1) is 0 Å². The summed E-state index contributed by atoms with van der Waals surface area (Å²) < 4.78 is 0. The zero-order chi connectivity index (χ0) is 12.9. The van der Waals surface area contributed by atoms with Crippen molar-refractivity contribution < 1.29 is 9.59 Å². The quantitative estimate of drug-likeness (QED) is 0.693. The van der Waals surface area contributed by atoms with Gasteiger partial charge >= 0.3 is 0 Å². The number of nitrogens with one attached hydrogen (secondary N) is 1. The Balaban J connectivity index is 2.76. The third-order valence-corrected chi connectivity index (χ3v) is 3.30. The summed E-state index contributed by atoms with van der Waals surface area (Å²) in [6.07, 6.45) is 2.14. The number of nitrogens with zero attached hydrogens (tertiary/aromatic N) is 2. The molecule has 0 aromatic heterocycles. The summed E-state index contributed by atoms with van der Waals surface area (Å²) in [4.78, 5) is 26.6. The summed E-state index contributed by atoms with van der Waals surface area (Å²) in [5.74, 6) is 0.191. The van der Waals surface area contributed by atoms with Gasteiger partial charge in [0, 0.05) is 32.6 Å². The van der Waals surface area contributed by atoms with Gasteiger partial charge in [0.2, 0.25) is 12.3 Å². The Morgan fingerprint density at radius 1 is 1.47 bits per heavy atom. The number of carbonyl (C=O) groups excluding carboxylic acids is 2. The van der Waals surface area contributed by atoms with E-state index in [2.05, 4.69) is 10.2 Å². The molecule has 2 amide bonds. The minimum absolute atomic E-state index is 0.191. The molecule has 1 aliphatic heterocycles. The van der Waals surface area contributed by atoms with Crippen molar-refractivity contribution in [3.05, 3.63) is 0 Å². The highest BCUT2D eigenvalue weighted by Gasteiger charge is 2.38. The summed E-state index contributed by atoms with van der Waals surface area (Å²) >= 11 is 0. The third kappa shape index (κ3) is 3.43. The van der Waals surface area contributed by atoms with E-state index in [0.29, 0.717) is 19.4 Å². The Kier molecular flexibility index (Phi) is 4.93.